The van der Waals surface area contributed by atoms with Gasteiger partial charge >= 0.3 is 0 Å². The molecular weight excluding hydrogens is 234 g/mol. The number of nitrogens with zero attached hydrogens (tertiary/aromatic N) is 1. The van der Waals surface area contributed by atoms with Crippen molar-refractivity contribution in [3.63, 3.8) is 0 Å². The van der Waals surface area contributed by atoms with Crippen LogP contribution in [-0.4, -0.2) is 10.1 Å². The highest BCUT2D eigenvalue weighted by Crippen LogP contribution is 2.11. The van der Waals surface area contributed by atoms with Gasteiger partial charge < -0.3 is 5.11 Å². The van der Waals surface area contributed by atoms with E-state index in [1.807, 2.05) is 36.4 Å². The summed E-state index contributed by atoms with van der Waals surface area (Å²) in [5.74, 6) is 5.66. The van der Waals surface area contributed by atoms with Gasteiger partial charge in [0.15, 0.2) is 0 Å². The number of para-hydroxylation sites is 1. The van der Waals surface area contributed by atoms with Gasteiger partial charge in [-0.3, -0.25) is 0 Å². The average molecular weight is 247 g/mol. The summed E-state index contributed by atoms with van der Waals surface area (Å²) in [5.41, 5.74) is 1.98. The molecule has 0 fully saturated rings. The first kappa shape index (κ1) is 12.7. The molecule has 1 heterocycles. The van der Waals surface area contributed by atoms with Crippen LogP contribution in [0.1, 0.15) is 5.69 Å². The van der Waals surface area contributed by atoms with Crippen LogP contribution in [0.2, 0.25) is 0 Å². The summed E-state index contributed by atoms with van der Waals surface area (Å²) in [6.07, 6.45) is 3.16. The molecule has 0 saturated heterocycles. The third-order valence-electron chi connectivity index (χ3n) is 2.52. The van der Waals surface area contributed by atoms with Crippen molar-refractivity contribution in [2.75, 3.05) is 0 Å². The summed E-state index contributed by atoms with van der Waals surface area (Å²) in [6, 6.07) is 11.7. The highest BCUT2D eigenvalue weighted by molar-refractivity contribution is 5.78. The van der Waals surface area contributed by atoms with E-state index in [1.54, 1.807) is 12.2 Å². The van der Waals surface area contributed by atoms with Crippen LogP contribution in [0.5, 0.6) is 0 Å². The third-order valence-corrected chi connectivity index (χ3v) is 2.52. The molecule has 92 valence electrons. The van der Waals surface area contributed by atoms with Crippen molar-refractivity contribution in [2.45, 2.75) is 0 Å². The maximum Gasteiger partial charge on any atom is 0.124 e. The van der Waals surface area contributed by atoms with Crippen LogP contribution in [0.15, 0.2) is 73.0 Å². The molecule has 0 aliphatic rings. The second-order valence-corrected chi connectivity index (χ2v) is 3.90. The van der Waals surface area contributed by atoms with Crippen molar-refractivity contribution < 1.29 is 5.11 Å². The summed E-state index contributed by atoms with van der Waals surface area (Å²) in [5, 5.41) is 10.4. The summed E-state index contributed by atoms with van der Waals surface area (Å²) in [6.45, 7) is 7.02. The number of benzene rings is 1. The Morgan fingerprint density at radius 3 is 2.74 bits per heavy atom. The predicted molar refractivity (Wildman–Crippen MR) is 78.7 cm³/mol. The minimum absolute atomic E-state index is 0.0758. The van der Waals surface area contributed by atoms with Crippen LogP contribution < -0.4 is 0 Å². The lowest BCUT2D eigenvalue weighted by atomic mass is 10.2. The summed E-state index contributed by atoms with van der Waals surface area (Å²) in [7, 11) is 0. The number of pyridine rings is 1. The first-order chi connectivity index (χ1) is 9.20. The van der Waals surface area contributed by atoms with E-state index < -0.39 is 0 Å². The molecule has 0 radical (unpaired) electrons. The van der Waals surface area contributed by atoms with E-state index in [0.29, 0.717) is 11.3 Å². The monoisotopic (exact) mass is 247 g/mol. The van der Waals surface area contributed by atoms with Crippen molar-refractivity contribution >= 4 is 10.9 Å². The number of hydrogen-bond donors (Lipinski definition) is 1. The molecule has 0 saturated carbocycles. The van der Waals surface area contributed by atoms with Gasteiger partial charge in [0, 0.05) is 5.39 Å². The van der Waals surface area contributed by atoms with Gasteiger partial charge in [0.1, 0.15) is 11.5 Å². The fourth-order valence-corrected chi connectivity index (χ4v) is 1.59. The fourth-order valence-electron chi connectivity index (χ4n) is 1.59. The second-order valence-electron chi connectivity index (χ2n) is 3.90. The highest BCUT2D eigenvalue weighted by Gasteiger charge is 1.96. The topological polar surface area (TPSA) is 33.1 Å². The zero-order chi connectivity index (χ0) is 13.7. The van der Waals surface area contributed by atoms with Crippen molar-refractivity contribution in [1.29, 1.82) is 0 Å². The molecule has 2 rings (SSSR count). The van der Waals surface area contributed by atoms with E-state index in [-0.39, 0.29) is 5.76 Å². The molecule has 1 aromatic carbocycles. The van der Waals surface area contributed by atoms with Gasteiger partial charge in [-0.25, -0.2) is 4.98 Å². The molecule has 1 aromatic heterocycles. The number of hydrogen-bond acceptors (Lipinski definition) is 2. The Morgan fingerprint density at radius 1 is 1.21 bits per heavy atom. The second kappa shape index (κ2) is 5.70. The first-order valence-corrected chi connectivity index (χ1v) is 5.79. The summed E-state index contributed by atoms with van der Waals surface area (Å²) < 4.78 is 0. The Morgan fingerprint density at radius 2 is 2.00 bits per heavy atom. The molecule has 2 aromatic rings. The number of allylic oxidation sites excluding steroid dienone is 3. The van der Waals surface area contributed by atoms with Crippen LogP contribution >= 0.6 is 0 Å². The van der Waals surface area contributed by atoms with Gasteiger partial charge in [0.25, 0.3) is 0 Å². The maximum absolute atomic E-state index is 9.36. The van der Waals surface area contributed by atoms with Crippen molar-refractivity contribution in [3.8, 4) is 11.8 Å². The van der Waals surface area contributed by atoms with Gasteiger partial charge in [-0.1, -0.05) is 49.4 Å². The largest absolute Gasteiger partial charge is 0.507 e. The first-order valence-electron chi connectivity index (χ1n) is 5.79. The zero-order valence-corrected chi connectivity index (χ0v) is 10.4. The molecule has 0 aliphatic heterocycles. The van der Waals surface area contributed by atoms with E-state index in [1.165, 1.54) is 0 Å². The normalized spacial score (nSPS) is 10.6. The molecule has 2 heteroatoms. The van der Waals surface area contributed by atoms with Gasteiger partial charge in [-0.05, 0) is 24.1 Å². The average Bonchev–Trinajstić information content (AvgIpc) is 2.43. The minimum atomic E-state index is -0.0758. The van der Waals surface area contributed by atoms with Crippen molar-refractivity contribution in [1.82, 2.24) is 4.98 Å². The minimum Gasteiger partial charge on any atom is -0.507 e. The SMILES string of the molecule is C=C/C=C(/C#Cc1ccc2ccccc2n1)C(=C)O. The Balaban J connectivity index is 2.39. The van der Waals surface area contributed by atoms with E-state index in [0.717, 1.165) is 10.9 Å². The Bertz CT molecular complexity index is 730. The lowest BCUT2D eigenvalue weighted by molar-refractivity contribution is 0.430. The Labute approximate surface area is 112 Å². The number of rotatable bonds is 2. The smallest absolute Gasteiger partial charge is 0.124 e. The van der Waals surface area contributed by atoms with E-state index >= 15 is 0 Å². The molecule has 0 bridgehead atoms. The van der Waals surface area contributed by atoms with E-state index in [2.05, 4.69) is 30.0 Å². The molecule has 0 unspecified atom stereocenters. The van der Waals surface area contributed by atoms with Gasteiger partial charge in [0.05, 0.1) is 11.1 Å². The van der Waals surface area contributed by atoms with Crippen LogP contribution in [0.3, 0.4) is 0 Å². The standard InChI is InChI=1S/C17H13NO/c1-3-6-14(13(2)19)9-11-16-12-10-15-7-4-5-8-17(15)18-16/h3-8,10,12,19H,1-2H2/b14-6-. The number of fused-ring (bicyclic) bond motifs is 1. The molecule has 0 aliphatic carbocycles. The van der Waals surface area contributed by atoms with E-state index in [4.69, 9.17) is 0 Å². The Kier molecular flexibility index (Phi) is 3.80. The van der Waals surface area contributed by atoms with Gasteiger partial charge in [-0.15, -0.1) is 0 Å². The number of aliphatic hydroxyl groups excluding tert-OH is 1. The highest BCUT2D eigenvalue weighted by atomic mass is 16.3. The van der Waals surface area contributed by atoms with Crippen LogP contribution in [-0.2, 0) is 0 Å². The van der Waals surface area contributed by atoms with Crippen LogP contribution in [0, 0.1) is 11.8 Å². The lowest BCUT2D eigenvalue weighted by Crippen LogP contribution is -1.86. The molecule has 2 nitrogen and oxygen atoms in total. The molecule has 19 heavy (non-hydrogen) atoms. The van der Waals surface area contributed by atoms with Gasteiger partial charge in [-0.2, -0.15) is 0 Å². The van der Waals surface area contributed by atoms with E-state index in [9.17, 15) is 5.11 Å². The third kappa shape index (κ3) is 3.11. The fraction of sp³-hybridized carbons (Fsp3) is 0. The van der Waals surface area contributed by atoms with Crippen molar-refractivity contribution in [3.05, 3.63) is 78.7 Å². The summed E-state index contributed by atoms with van der Waals surface area (Å²) in [4.78, 5) is 4.43. The van der Waals surface area contributed by atoms with Crippen molar-refractivity contribution in [2.24, 2.45) is 0 Å². The molecule has 0 amide bonds. The zero-order valence-electron chi connectivity index (χ0n) is 10.4. The van der Waals surface area contributed by atoms with Gasteiger partial charge in [0.2, 0.25) is 0 Å². The predicted octanol–water partition coefficient (Wildman–Crippen LogP) is 3.77. The van der Waals surface area contributed by atoms with Crippen LogP contribution in [0.25, 0.3) is 10.9 Å². The molecule has 1 N–H and O–H groups in total. The van der Waals surface area contributed by atoms with Crippen LogP contribution in [0.4, 0.5) is 0 Å². The number of aliphatic hydroxyl groups is 1. The molecule has 0 spiro atoms. The Hall–Kier alpha value is -2.79. The lowest BCUT2D eigenvalue weighted by Gasteiger charge is -1.97. The summed E-state index contributed by atoms with van der Waals surface area (Å²) >= 11 is 0. The molecule has 0 atom stereocenters. The number of aromatic nitrogens is 1. The quantitative estimate of drug-likeness (QED) is 0.498. The molecular formula is C17H13NO. The maximum atomic E-state index is 9.36.